The van der Waals surface area contributed by atoms with Crippen molar-refractivity contribution in [3.8, 4) is 0 Å². The standard InChI is InChI=1S/C15H25N3OS.2ClH/c1-16-9-7-14(19)17-10-8-15-18-13(11-20-15)12-5-3-2-4-6-12;;/h11-12,16H,2-10H2,1H3,(H,17,19);2*1H. The molecule has 1 heterocycles. The van der Waals surface area contributed by atoms with E-state index in [9.17, 15) is 4.79 Å². The van der Waals surface area contributed by atoms with Gasteiger partial charge in [-0.25, -0.2) is 4.98 Å². The highest BCUT2D eigenvalue weighted by molar-refractivity contribution is 7.09. The molecule has 4 nitrogen and oxygen atoms in total. The third-order valence-corrected chi connectivity index (χ3v) is 4.78. The predicted molar refractivity (Wildman–Crippen MR) is 97.7 cm³/mol. The Hall–Kier alpha value is -0.360. The summed E-state index contributed by atoms with van der Waals surface area (Å²) in [5, 5.41) is 9.29. The molecule has 1 amide bonds. The van der Waals surface area contributed by atoms with Gasteiger partial charge in [0, 0.05) is 37.2 Å². The highest BCUT2D eigenvalue weighted by Crippen LogP contribution is 2.32. The number of carbonyl (C=O) groups is 1. The molecule has 0 unspecified atom stereocenters. The van der Waals surface area contributed by atoms with E-state index in [4.69, 9.17) is 4.98 Å². The zero-order valence-electron chi connectivity index (χ0n) is 13.1. The monoisotopic (exact) mass is 367 g/mol. The fraction of sp³-hybridized carbons (Fsp3) is 0.733. The van der Waals surface area contributed by atoms with Crippen molar-refractivity contribution < 1.29 is 4.79 Å². The molecule has 128 valence electrons. The van der Waals surface area contributed by atoms with E-state index in [2.05, 4.69) is 16.0 Å². The van der Waals surface area contributed by atoms with Gasteiger partial charge in [0.2, 0.25) is 5.91 Å². The molecule has 0 aliphatic heterocycles. The van der Waals surface area contributed by atoms with E-state index < -0.39 is 0 Å². The number of hydrogen-bond acceptors (Lipinski definition) is 4. The number of thiazole rings is 1. The van der Waals surface area contributed by atoms with Crippen LogP contribution in [0.15, 0.2) is 5.38 Å². The molecule has 0 radical (unpaired) electrons. The number of halogens is 2. The molecule has 0 atom stereocenters. The fourth-order valence-corrected chi connectivity index (χ4v) is 3.54. The zero-order chi connectivity index (χ0) is 14.2. The number of nitrogens with zero attached hydrogens (tertiary/aromatic N) is 1. The molecule has 1 aliphatic carbocycles. The summed E-state index contributed by atoms with van der Waals surface area (Å²) in [4.78, 5) is 16.2. The van der Waals surface area contributed by atoms with Crippen LogP contribution < -0.4 is 10.6 Å². The van der Waals surface area contributed by atoms with Crippen molar-refractivity contribution >= 4 is 42.1 Å². The van der Waals surface area contributed by atoms with Gasteiger partial charge in [-0.05, 0) is 19.9 Å². The molecule has 2 N–H and O–H groups in total. The first kappa shape index (κ1) is 21.6. The number of rotatable bonds is 7. The number of carbonyl (C=O) groups excluding carboxylic acids is 1. The largest absolute Gasteiger partial charge is 0.356 e. The first-order chi connectivity index (χ1) is 9.79. The molecule has 22 heavy (non-hydrogen) atoms. The van der Waals surface area contributed by atoms with E-state index >= 15 is 0 Å². The third kappa shape index (κ3) is 7.27. The van der Waals surface area contributed by atoms with Crippen LogP contribution in [-0.4, -0.2) is 31.0 Å². The number of hydrogen-bond donors (Lipinski definition) is 2. The van der Waals surface area contributed by atoms with Crippen molar-refractivity contribution in [3.05, 3.63) is 16.1 Å². The van der Waals surface area contributed by atoms with Crippen LogP contribution in [0.2, 0.25) is 0 Å². The average molecular weight is 368 g/mol. The molecule has 1 aliphatic rings. The maximum atomic E-state index is 11.5. The van der Waals surface area contributed by atoms with Crippen LogP contribution in [0.1, 0.15) is 55.1 Å². The summed E-state index contributed by atoms with van der Waals surface area (Å²) in [6, 6.07) is 0. The van der Waals surface area contributed by atoms with Crippen molar-refractivity contribution in [2.24, 2.45) is 0 Å². The van der Waals surface area contributed by atoms with Gasteiger partial charge in [0.1, 0.15) is 0 Å². The van der Waals surface area contributed by atoms with Crippen molar-refractivity contribution in [3.63, 3.8) is 0 Å². The molecule has 1 aromatic rings. The number of aromatic nitrogens is 1. The van der Waals surface area contributed by atoms with Crippen LogP contribution >= 0.6 is 36.2 Å². The lowest BCUT2D eigenvalue weighted by Crippen LogP contribution is -2.28. The first-order valence-corrected chi connectivity index (χ1v) is 8.53. The van der Waals surface area contributed by atoms with Crippen LogP contribution in [0.3, 0.4) is 0 Å². The lowest BCUT2D eigenvalue weighted by Gasteiger charge is -2.19. The van der Waals surface area contributed by atoms with Gasteiger partial charge in [-0.3, -0.25) is 4.79 Å². The minimum Gasteiger partial charge on any atom is -0.356 e. The van der Waals surface area contributed by atoms with Gasteiger partial charge in [0.25, 0.3) is 0 Å². The summed E-state index contributed by atoms with van der Waals surface area (Å²) in [6.45, 7) is 1.43. The van der Waals surface area contributed by atoms with Crippen LogP contribution in [0.5, 0.6) is 0 Å². The van der Waals surface area contributed by atoms with E-state index in [1.54, 1.807) is 11.3 Å². The highest BCUT2D eigenvalue weighted by Gasteiger charge is 2.18. The van der Waals surface area contributed by atoms with Gasteiger partial charge < -0.3 is 10.6 Å². The van der Waals surface area contributed by atoms with Crippen LogP contribution in [0.25, 0.3) is 0 Å². The minimum absolute atomic E-state index is 0. The second-order valence-electron chi connectivity index (χ2n) is 5.45. The Balaban J connectivity index is 0.00000220. The van der Waals surface area contributed by atoms with Crippen LogP contribution in [-0.2, 0) is 11.2 Å². The molecule has 0 aromatic carbocycles. The molecule has 0 saturated heterocycles. The predicted octanol–water partition coefficient (Wildman–Crippen LogP) is 3.30. The molecule has 1 aromatic heterocycles. The second kappa shape index (κ2) is 12.1. The maximum absolute atomic E-state index is 11.5. The molecule has 2 rings (SSSR count). The third-order valence-electron chi connectivity index (χ3n) is 3.86. The molecular formula is C15H27Cl2N3OS. The lowest BCUT2D eigenvalue weighted by atomic mass is 9.87. The van der Waals surface area contributed by atoms with Gasteiger partial charge in [0.05, 0.1) is 10.7 Å². The van der Waals surface area contributed by atoms with Gasteiger partial charge in [-0.2, -0.15) is 0 Å². The van der Waals surface area contributed by atoms with E-state index in [1.807, 2.05) is 7.05 Å². The van der Waals surface area contributed by atoms with Crippen molar-refractivity contribution in [2.45, 2.75) is 50.9 Å². The van der Waals surface area contributed by atoms with Crippen molar-refractivity contribution in [2.75, 3.05) is 20.1 Å². The maximum Gasteiger partial charge on any atom is 0.221 e. The van der Waals surface area contributed by atoms with Gasteiger partial charge in [0.15, 0.2) is 0 Å². The highest BCUT2D eigenvalue weighted by atomic mass is 35.5. The summed E-state index contributed by atoms with van der Waals surface area (Å²) in [7, 11) is 1.86. The van der Waals surface area contributed by atoms with E-state index in [0.717, 1.165) is 18.0 Å². The first-order valence-electron chi connectivity index (χ1n) is 7.65. The quantitative estimate of drug-likeness (QED) is 0.777. The van der Waals surface area contributed by atoms with E-state index in [-0.39, 0.29) is 30.7 Å². The smallest absolute Gasteiger partial charge is 0.221 e. The number of amides is 1. The Labute approximate surface area is 149 Å². The van der Waals surface area contributed by atoms with E-state index in [0.29, 0.717) is 18.9 Å². The van der Waals surface area contributed by atoms with Crippen LogP contribution in [0.4, 0.5) is 0 Å². The van der Waals surface area contributed by atoms with Gasteiger partial charge in [-0.1, -0.05) is 19.3 Å². The summed E-state index contributed by atoms with van der Waals surface area (Å²) in [6.07, 6.45) is 8.06. The summed E-state index contributed by atoms with van der Waals surface area (Å²) in [5.41, 5.74) is 1.28. The van der Waals surface area contributed by atoms with Gasteiger partial charge in [-0.15, -0.1) is 36.2 Å². The topological polar surface area (TPSA) is 54.0 Å². The summed E-state index contributed by atoms with van der Waals surface area (Å²) >= 11 is 1.74. The van der Waals surface area contributed by atoms with Crippen molar-refractivity contribution in [1.29, 1.82) is 0 Å². The fourth-order valence-electron chi connectivity index (χ4n) is 2.66. The molecule has 1 saturated carbocycles. The number of nitrogens with one attached hydrogen (secondary N) is 2. The molecule has 7 heteroatoms. The molecular weight excluding hydrogens is 341 g/mol. The normalized spacial score (nSPS) is 14.8. The Morgan fingerprint density at radius 1 is 1.27 bits per heavy atom. The Morgan fingerprint density at radius 3 is 2.68 bits per heavy atom. The summed E-state index contributed by atoms with van der Waals surface area (Å²) < 4.78 is 0. The Kier molecular flexibility index (Phi) is 11.9. The molecule has 0 bridgehead atoms. The lowest BCUT2D eigenvalue weighted by molar-refractivity contribution is -0.120. The molecule has 0 spiro atoms. The van der Waals surface area contributed by atoms with E-state index in [1.165, 1.54) is 37.8 Å². The Morgan fingerprint density at radius 2 is 2.00 bits per heavy atom. The summed E-state index contributed by atoms with van der Waals surface area (Å²) in [5.74, 6) is 0.794. The zero-order valence-corrected chi connectivity index (χ0v) is 15.5. The minimum atomic E-state index is 0. The molecule has 1 fully saturated rings. The van der Waals surface area contributed by atoms with Crippen LogP contribution in [0, 0.1) is 0 Å². The second-order valence-corrected chi connectivity index (χ2v) is 6.40. The SMILES string of the molecule is CNCCC(=O)NCCc1nc(C2CCCCC2)cs1.Cl.Cl. The Bertz CT molecular complexity index is 423. The average Bonchev–Trinajstić information content (AvgIpc) is 2.95. The van der Waals surface area contributed by atoms with Crippen molar-refractivity contribution in [1.82, 2.24) is 15.6 Å². The van der Waals surface area contributed by atoms with Gasteiger partial charge >= 0.3 is 0 Å².